The number of nitrogens with zero attached hydrogens (tertiary/aromatic N) is 2. The average molecular weight is 259 g/mol. The molecule has 100 valence electrons. The number of nitrogens with one attached hydrogen (secondary N) is 2. The molecule has 0 amide bonds. The molecule has 1 saturated heterocycles. The van der Waals surface area contributed by atoms with Gasteiger partial charge in [-0.3, -0.25) is 0 Å². The summed E-state index contributed by atoms with van der Waals surface area (Å²) in [7, 11) is 0. The first-order valence-corrected chi connectivity index (χ1v) is 6.48. The molecule has 1 aliphatic rings. The zero-order chi connectivity index (χ0) is 13.1. The van der Waals surface area contributed by atoms with Gasteiger partial charge in [0.15, 0.2) is 11.5 Å². The molecule has 6 heteroatoms. The molecule has 0 saturated carbocycles. The Bertz CT molecular complexity index is 530. The highest BCUT2D eigenvalue weighted by atomic mass is 16.6. The maximum absolute atomic E-state index is 5.67. The van der Waals surface area contributed by atoms with E-state index in [0.717, 1.165) is 24.3 Å². The van der Waals surface area contributed by atoms with E-state index in [1.54, 1.807) is 0 Å². The van der Waals surface area contributed by atoms with Crippen LogP contribution in [0.2, 0.25) is 0 Å². The molecular weight excluding hydrogens is 242 g/mol. The Labute approximate surface area is 111 Å². The van der Waals surface area contributed by atoms with Crippen LogP contribution < -0.4 is 16.4 Å². The van der Waals surface area contributed by atoms with Gasteiger partial charge >= 0.3 is 0 Å². The molecule has 19 heavy (non-hydrogen) atoms. The summed E-state index contributed by atoms with van der Waals surface area (Å²) in [6.45, 7) is 2.14. The van der Waals surface area contributed by atoms with E-state index in [2.05, 4.69) is 25.6 Å². The van der Waals surface area contributed by atoms with Crippen molar-refractivity contribution in [2.45, 2.75) is 18.9 Å². The standard InChI is InChI=1S/C13H17N5O/c14-13-12(17-19-18-13)9-3-5-10(6-4-9)16-11-2-1-7-15-8-11/h3-6,11,15-16H,1-2,7-8H2,(H2,14,18). The van der Waals surface area contributed by atoms with Crippen molar-refractivity contribution in [2.24, 2.45) is 0 Å². The lowest BCUT2D eigenvalue weighted by atomic mass is 10.1. The number of rotatable bonds is 3. The van der Waals surface area contributed by atoms with Crippen LogP contribution in [0.3, 0.4) is 0 Å². The third-order valence-corrected chi connectivity index (χ3v) is 3.34. The van der Waals surface area contributed by atoms with Crippen LogP contribution in [0.15, 0.2) is 28.9 Å². The molecule has 0 radical (unpaired) electrons. The van der Waals surface area contributed by atoms with Gasteiger partial charge in [-0.2, -0.15) is 0 Å². The van der Waals surface area contributed by atoms with Gasteiger partial charge in [0.25, 0.3) is 0 Å². The average Bonchev–Trinajstić information content (AvgIpc) is 2.87. The summed E-state index contributed by atoms with van der Waals surface area (Å²) >= 11 is 0. The van der Waals surface area contributed by atoms with Gasteiger partial charge in [0.05, 0.1) is 0 Å². The molecule has 0 bridgehead atoms. The molecule has 3 rings (SSSR count). The molecule has 1 fully saturated rings. The van der Waals surface area contributed by atoms with E-state index in [9.17, 15) is 0 Å². The van der Waals surface area contributed by atoms with E-state index in [-0.39, 0.29) is 0 Å². The van der Waals surface area contributed by atoms with Crippen molar-refractivity contribution in [3.05, 3.63) is 24.3 Å². The SMILES string of the molecule is Nc1nonc1-c1ccc(NC2CCCNC2)cc1. The molecule has 1 atom stereocenters. The number of nitrogens with two attached hydrogens (primary N) is 1. The second kappa shape index (κ2) is 5.27. The Morgan fingerprint density at radius 3 is 2.74 bits per heavy atom. The summed E-state index contributed by atoms with van der Waals surface area (Å²) < 4.78 is 4.60. The van der Waals surface area contributed by atoms with Crippen LogP contribution in [-0.2, 0) is 0 Å². The summed E-state index contributed by atoms with van der Waals surface area (Å²) in [4.78, 5) is 0. The number of anilines is 2. The Morgan fingerprint density at radius 2 is 2.11 bits per heavy atom. The highest BCUT2D eigenvalue weighted by molar-refractivity contribution is 5.70. The fraction of sp³-hybridized carbons (Fsp3) is 0.385. The number of benzene rings is 1. The van der Waals surface area contributed by atoms with Crippen molar-refractivity contribution in [1.29, 1.82) is 0 Å². The molecular formula is C13H17N5O. The predicted octanol–water partition coefficient (Wildman–Crippen LogP) is 1.48. The van der Waals surface area contributed by atoms with Crippen molar-refractivity contribution in [3.8, 4) is 11.3 Å². The number of hydrogen-bond acceptors (Lipinski definition) is 6. The highest BCUT2D eigenvalue weighted by Crippen LogP contribution is 2.24. The molecule has 0 aliphatic carbocycles. The lowest BCUT2D eigenvalue weighted by Crippen LogP contribution is -2.38. The molecule has 1 aromatic carbocycles. The zero-order valence-electron chi connectivity index (χ0n) is 10.6. The van der Waals surface area contributed by atoms with Gasteiger partial charge < -0.3 is 16.4 Å². The van der Waals surface area contributed by atoms with Gasteiger partial charge in [0, 0.05) is 23.8 Å². The second-order valence-corrected chi connectivity index (χ2v) is 4.76. The number of aromatic nitrogens is 2. The van der Waals surface area contributed by atoms with Gasteiger partial charge in [0.2, 0.25) is 0 Å². The fourth-order valence-corrected chi connectivity index (χ4v) is 2.33. The summed E-state index contributed by atoms with van der Waals surface area (Å²) in [6.07, 6.45) is 2.42. The summed E-state index contributed by atoms with van der Waals surface area (Å²) in [5.41, 5.74) is 8.27. The molecule has 2 heterocycles. The van der Waals surface area contributed by atoms with Crippen LogP contribution in [0.25, 0.3) is 11.3 Å². The van der Waals surface area contributed by atoms with Crippen molar-refractivity contribution in [2.75, 3.05) is 24.1 Å². The van der Waals surface area contributed by atoms with E-state index in [0.29, 0.717) is 17.6 Å². The monoisotopic (exact) mass is 259 g/mol. The summed E-state index contributed by atoms with van der Waals surface area (Å²) in [5, 5.41) is 14.3. The minimum atomic E-state index is 0.317. The summed E-state index contributed by atoms with van der Waals surface area (Å²) in [6, 6.07) is 8.48. The maximum Gasteiger partial charge on any atom is 0.196 e. The van der Waals surface area contributed by atoms with Crippen LogP contribution in [0.1, 0.15) is 12.8 Å². The predicted molar refractivity (Wildman–Crippen MR) is 73.7 cm³/mol. The number of piperidine rings is 1. The number of hydrogen-bond donors (Lipinski definition) is 3. The zero-order valence-corrected chi connectivity index (χ0v) is 10.6. The molecule has 0 spiro atoms. The largest absolute Gasteiger partial charge is 0.381 e. The van der Waals surface area contributed by atoms with E-state index < -0.39 is 0 Å². The minimum absolute atomic E-state index is 0.317. The van der Waals surface area contributed by atoms with Crippen LogP contribution in [0, 0.1) is 0 Å². The molecule has 1 aromatic heterocycles. The van der Waals surface area contributed by atoms with Crippen LogP contribution in [0.4, 0.5) is 11.5 Å². The van der Waals surface area contributed by atoms with E-state index in [1.807, 2.05) is 24.3 Å². The molecule has 2 aromatic rings. The van der Waals surface area contributed by atoms with Crippen LogP contribution >= 0.6 is 0 Å². The quantitative estimate of drug-likeness (QED) is 0.773. The first kappa shape index (κ1) is 12.0. The topological polar surface area (TPSA) is 89.0 Å². The van der Waals surface area contributed by atoms with Crippen molar-refractivity contribution < 1.29 is 4.63 Å². The minimum Gasteiger partial charge on any atom is -0.381 e. The third kappa shape index (κ3) is 2.68. The van der Waals surface area contributed by atoms with Gasteiger partial charge in [-0.1, -0.05) is 12.1 Å². The Kier molecular flexibility index (Phi) is 3.33. The van der Waals surface area contributed by atoms with Gasteiger partial charge in [-0.05, 0) is 41.8 Å². The summed E-state index contributed by atoms with van der Waals surface area (Å²) in [5.74, 6) is 0.317. The van der Waals surface area contributed by atoms with Crippen molar-refractivity contribution in [3.63, 3.8) is 0 Å². The third-order valence-electron chi connectivity index (χ3n) is 3.34. The second-order valence-electron chi connectivity index (χ2n) is 4.76. The van der Waals surface area contributed by atoms with Gasteiger partial charge in [0.1, 0.15) is 0 Å². The van der Waals surface area contributed by atoms with Crippen molar-refractivity contribution in [1.82, 2.24) is 15.6 Å². The fourth-order valence-electron chi connectivity index (χ4n) is 2.33. The van der Waals surface area contributed by atoms with Crippen molar-refractivity contribution >= 4 is 11.5 Å². The van der Waals surface area contributed by atoms with E-state index in [4.69, 9.17) is 5.73 Å². The molecule has 1 aliphatic heterocycles. The molecule has 6 nitrogen and oxygen atoms in total. The smallest absolute Gasteiger partial charge is 0.196 e. The maximum atomic E-state index is 5.67. The lowest BCUT2D eigenvalue weighted by molar-refractivity contribution is 0.310. The highest BCUT2D eigenvalue weighted by Gasteiger charge is 2.13. The van der Waals surface area contributed by atoms with Gasteiger partial charge in [-0.25, -0.2) is 4.63 Å². The van der Waals surface area contributed by atoms with Gasteiger partial charge in [-0.15, -0.1) is 0 Å². The Morgan fingerprint density at radius 1 is 1.26 bits per heavy atom. The van der Waals surface area contributed by atoms with Crippen LogP contribution in [0.5, 0.6) is 0 Å². The molecule has 4 N–H and O–H groups in total. The lowest BCUT2D eigenvalue weighted by Gasteiger charge is -2.24. The Balaban J connectivity index is 1.70. The molecule has 1 unspecified atom stereocenters. The Hall–Kier alpha value is -2.08. The number of nitrogen functional groups attached to an aromatic ring is 1. The van der Waals surface area contributed by atoms with E-state index in [1.165, 1.54) is 12.8 Å². The first-order valence-electron chi connectivity index (χ1n) is 6.48. The first-order chi connectivity index (χ1) is 9.33. The van der Waals surface area contributed by atoms with Crippen LogP contribution in [-0.4, -0.2) is 29.4 Å². The van der Waals surface area contributed by atoms with E-state index >= 15 is 0 Å². The normalized spacial score (nSPS) is 19.3.